The molecule has 0 fully saturated rings. The summed E-state index contributed by atoms with van der Waals surface area (Å²) in [6.45, 7) is -0.274. The zero-order valence-corrected chi connectivity index (χ0v) is 20.8. The Balaban J connectivity index is 1.94. The van der Waals surface area contributed by atoms with Gasteiger partial charge in [-0.05, 0) is 35.9 Å². The molecule has 3 N–H and O–H groups in total. The number of hydrogen-bond donors (Lipinski definition) is 3. The van der Waals surface area contributed by atoms with Gasteiger partial charge in [0.15, 0.2) is 0 Å². The molecule has 0 bridgehead atoms. The summed E-state index contributed by atoms with van der Waals surface area (Å²) < 4.78 is 20.9. The fraction of sp³-hybridized carbons (Fsp3) is 0.407. The summed E-state index contributed by atoms with van der Waals surface area (Å²) in [5, 5.41) is 28.6. The molecule has 2 atom stereocenters. The molecule has 1 aliphatic rings. The standard InChI is InChI=1S/C27H31NO9/c1-34-15-22(31)17-37-23-7-5-18-3-4-19-6-8-24(36-16-21(30)14-29)12-25(19)28(13-20(18)11-23)26(32)9-10-27(33)35-2/h5-8,11-12,21-22,29-31H,9-10,13-17H2,1-2H3/t21-,22-/m0/s1. The number of aliphatic hydroxyl groups is 3. The minimum absolute atomic E-state index is 0.0311. The first-order valence-corrected chi connectivity index (χ1v) is 11.7. The van der Waals surface area contributed by atoms with Crippen molar-refractivity contribution >= 4 is 17.6 Å². The van der Waals surface area contributed by atoms with E-state index >= 15 is 0 Å². The molecule has 0 spiro atoms. The normalized spacial score (nSPS) is 13.6. The average molecular weight is 514 g/mol. The van der Waals surface area contributed by atoms with Gasteiger partial charge in [-0.1, -0.05) is 11.8 Å². The van der Waals surface area contributed by atoms with E-state index < -0.39 is 24.8 Å². The number of aliphatic hydroxyl groups excluding tert-OH is 3. The highest BCUT2D eigenvalue weighted by atomic mass is 16.5. The van der Waals surface area contributed by atoms with Crippen LogP contribution in [0.5, 0.6) is 11.5 Å². The van der Waals surface area contributed by atoms with Crippen LogP contribution in [0.3, 0.4) is 0 Å². The maximum Gasteiger partial charge on any atom is 0.306 e. The molecule has 0 saturated carbocycles. The van der Waals surface area contributed by atoms with E-state index in [1.54, 1.807) is 36.4 Å². The van der Waals surface area contributed by atoms with Crippen LogP contribution in [-0.4, -0.2) is 80.1 Å². The van der Waals surface area contributed by atoms with E-state index in [9.17, 15) is 19.8 Å². The Morgan fingerprint density at radius 3 is 2.24 bits per heavy atom. The number of methoxy groups -OCH3 is 2. The van der Waals surface area contributed by atoms with E-state index in [1.165, 1.54) is 19.1 Å². The molecule has 0 saturated heterocycles. The molecule has 198 valence electrons. The summed E-state index contributed by atoms with van der Waals surface area (Å²) >= 11 is 0. The molecule has 10 nitrogen and oxygen atoms in total. The average Bonchev–Trinajstić information content (AvgIpc) is 2.90. The number of anilines is 1. The van der Waals surface area contributed by atoms with Crippen LogP contribution in [0.2, 0.25) is 0 Å². The van der Waals surface area contributed by atoms with Crippen LogP contribution in [-0.2, 0) is 25.6 Å². The maximum atomic E-state index is 13.3. The SMILES string of the molecule is COC[C@H](O)COc1ccc2c(c1)CN(C(=O)CCC(=O)OC)c1cc(OC[C@@H](O)CO)ccc1C#C2. The molecule has 2 aromatic rings. The number of benzene rings is 2. The number of hydrogen-bond acceptors (Lipinski definition) is 9. The van der Waals surface area contributed by atoms with Crippen LogP contribution < -0.4 is 14.4 Å². The van der Waals surface area contributed by atoms with Crippen molar-refractivity contribution in [3.8, 4) is 23.3 Å². The van der Waals surface area contributed by atoms with E-state index in [0.717, 1.165) is 0 Å². The van der Waals surface area contributed by atoms with Gasteiger partial charge in [0.2, 0.25) is 5.91 Å². The third-order valence-corrected chi connectivity index (χ3v) is 5.52. The quantitative estimate of drug-likeness (QED) is 0.281. The number of carbonyl (C=O) groups is 2. The van der Waals surface area contributed by atoms with Crippen molar-refractivity contribution in [3.05, 3.63) is 53.1 Å². The smallest absolute Gasteiger partial charge is 0.306 e. The topological polar surface area (TPSA) is 135 Å². The molecule has 37 heavy (non-hydrogen) atoms. The monoisotopic (exact) mass is 513 g/mol. The third kappa shape index (κ3) is 7.93. The summed E-state index contributed by atoms with van der Waals surface area (Å²) in [5.41, 5.74) is 2.47. The minimum atomic E-state index is -1.05. The Morgan fingerprint density at radius 2 is 1.57 bits per heavy atom. The van der Waals surface area contributed by atoms with E-state index in [-0.39, 0.29) is 45.1 Å². The predicted octanol–water partition coefficient (Wildman–Crippen LogP) is 1.00. The second kappa shape index (κ2) is 13.6. The number of nitrogens with zero attached hydrogens (tertiary/aromatic N) is 1. The molecule has 0 unspecified atom stereocenters. The van der Waals surface area contributed by atoms with Crippen LogP contribution in [0, 0.1) is 11.8 Å². The first-order valence-electron chi connectivity index (χ1n) is 11.7. The van der Waals surface area contributed by atoms with E-state index in [2.05, 4.69) is 16.6 Å². The Bertz CT molecular complexity index is 1150. The first kappa shape index (κ1) is 28.0. The summed E-state index contributed by atoms with van der Waals surface area (Å²) in [7, 11) is 2.75. The number of fused-ring (bicyclic) bond motifs is 2. The van der Waals surface area contributed by atoms with Crippen LogP contribution in [0.15, 0.2) is 36.4 Å². The van der Waals surface area contributed by atoms with Crippen molar-refractivity contribution in [2.45, 2.75) is 31.6 Å². The van der Waals surface area contributed by atoms with Gasteiger partial charge in [-0.2, -0.15) is 0 Å². The zero-order valence-electron chi connectivity index (χ0n) is 20.8. The summed E-state index contributed by atoms with van der Waals surface area (Å²) in [6, 6.07) is 10.3. The lowest BCUT2D eigenvalue weighted by molar-refractivity contribution is -0.141. The van der Waals surface area contributed by atoms with Crippen LogP contribution >= 0.6 is 0 Å². The van der Waals surface area contributed by atoms with Gasteiger partial charge in [0.05, 0.1) is 39.0 Å². The Labute approximate surface area is 215 Å². The molecule has 2 aromatic carbocycles. The van der Waals surface area contributed by atoms with E-state index in [4.69, 9.17) is 19.3 Å². The molecule has 0 aliphatic carbocycles. The molecule has 1 heterocycles. The number of rotatable bonds is 12. The van der Waals surface area contributed by atoms with Crippen molar-refractivity contribution in [2.75, 3.05) is 45.5 Å². The lowest BCUT2D eigenvalue weighted by Gasteiger charge is -2.27. The van der Waals surface area contributed by atoms with E-state index in [0.29, 0.717) is 33.9 Å². The van der Waals surface area contributed by atoms with Crippen molar-refractivity contribution in [1.29, 1.82) is 0 Å². The van der Waals surface area contributed by atoms with Gasteiger partial charge < -0.3 is 39.2 Å². The van der Waals surface area contributed by atoms with Crippen molar-refractivity contribution in [1.82, 2.24) is 0 Å². The van der Waals surface area contributed by atoms with Crippen molar-refractivity contribution < 1.29 is 43.9 Å². The molecule has 3 rings (SSSR count). The molecule has 1 aliphatic heterocycles. The lowest BCUT2D eigenvalue weighted by Crippen LogP contribution is -2.32. The van der Waals surface area contributed by atoms with Gasteiger partial charge in [0.25, 0.3) is 0 Å². The highest BCUT2D eigenvalue weighted by molar-refractivity contribution is 5.96. The molecule has 0 aromatic heterocycles. The summed E-state index contributed by atoms with van der Waals surface area (Å²) in [4.78, 5) is 26.5. The van der Waals surface area contributed by atoms with Gasteiger partial charge in [-0.15, -0.1) is 0 Å². The van der Waals surface area contributed by atoms with Gasteiger partial charge in [-0.3, -0.25) is 9.59 Å². The van der Waals surface area contributed by atoms with E-state index in [1.807, 2.05) is 0 Å². The molecular weight excluding hydrogens is 482 g/mol. The highest BCUT2D eigenvalue weighted by Crippen LogP contribution is 2.31. The molecule has 10 heteroatoms. The largest absolute Gasteiger partial charge is 0.491 e. The second-order valence-corrected chi connectivity index (χ2v) is 8.37. The van der Waals surface area contributed by atoms with Gasteiger partial charge in [0, 0.05) is 30.7 Å². The molecule has 0 radical (unpaired) electrons. The van der Waals surface area contributed by atoms with Crippen LogP contribution in [0.4, 0.5) is 5.69 Å². The molecule has 1 amide bonds. The Kier molecular flexibility index (Phi) is 10.3. The number of esters is 1. The van der Waals surface area contributed by atoms with Gasteiger partial charge in [-0.25, -0.2) is 0 Å². The maximum absolute atomic E-state index is 13.3. The fourth-order valence-electron chi connectivity index (χ4n) is 3.58. The van der Waals surface area contributed by atoms with Crippen LogP contribution in [0.1, 0.15) is 29.5 Å². The fourth-order valence-corrected chi connectivity index (χ4v) is 3.58. The highest BCUT2D eigenvalue weighted by Gasteiger charge is 2.23. The number of carbonyl (C=O) groups excluding carboxylic acids is 2. The Morgan fingerprint density at radius 1 is 0.919 bits per heavy atom. The van der Waals surface area contributed by atoms with Gasteiger partial charge >= 0.3 is 5.97 Å². The Hall–Kier alpha value is -3.62. The first-order chi connectivity index (χ1) is 17.8. The number of ether oxygens (including phenoxy) is 4. The zero-order chi connectivity index (χ0) is 26.8. The summed E-state index contributed by atoms with van der Waals surface area (Å²) in [5.74, 6) is 6.27. The van der Waals surface area contributed by atoms with Gasteiger partial charge in [0.1, 0.15) is 36.9 Å². The molecular formula is C27H31NO9. The summed E-state index contributed by atoms with van der Waals surface area (Å²) in [6.07, 6.45) is -2.01. The minimum Gasteiger partial charge on any atom is -0.491 e. The van der Waals surface area contributed by atoms with Crippen LogP contribution in [0.25, 0.3) is 0 Å². The van der Waals surface area contributed by atoms with Crippen molar-refractivity contribution in [2.24, 2.45) is 0 Å². The van der Waals surface area contributed by atoms with Crippen molar-refractivity contribution in [3.63, 3.8) is 0 Å². The number of amides is 1. The predicted molar refractivity (Wildman–Crippen MR) is 133 cm³/mol. The second-order valence-electron chi connectivity index (χ2n) is 8.37. The lowest BCUT2D eigenvalue weighted by atomic mass is 10.0. The third-order valence-electron chi connectivity index (χ3n) is 5.52.